The van der Waals surface area contributed by atoms with E-state index in [4.69, 9.17) is 0 Å². The zero-order valence-electron chi connectivity index (χ0n) is 13.0. The molecule has 0 aromatic carbocycles. The third-order valence-corrected chi connectivity index (χ3v) is 5.58. The zero-order valence-corrected chi connectivity index (χ0v) is 13.0. The molecule has 116 valence electrons. The molecule has 4 heteroatoms. The van der Waals surface area contributed by atoms with E-state index >= 15 is 0 Å². The topological polar surface area (TPSA) is 49.4 Å². The number of nitrogens with one attached hydrogen (secondary N) is 1. The van der Waals surface area contributed by atoms with Crippen LogP contribution in [0.2, 0.25) is 0 Å². The molecule has 4 nitrogen and oxygen atoms in total. The normalized spacial score (nSPS) is 36.6. The van der Waals surface area contributed by atoms with Crippen LogP contribution in [-0.4, -0.2) is 35.3 Å². The zero-order chi connectivity index (χ0) is 14.9. The lowest BCUT2D eigenvalue weighted by Crippen LogP contribution is -2.45. The number of carbonyl (C=O) groups excluding carboxylic acids is 2. The van der Waals surface area contributed by atoms with Gasteiger partial charge in [0.05, 0.1) is 5.41 Å². The van der Waals surface area contributed by atoms with E-state index in [0.717, 1.165) is 58.0 Å². The molecule has 2 atom stereocenters. The smallest absolute Gasteiger partial charge is 0.228 e. The van der Waals surface area contributed by atoms with Crippen molar-refractivity contribution in [3.05, 3.63) is 12.2 Å². The molecule has 2 amide bonds. The Labute approximate surface area is 127 Å². The Bertz CT molecular complexity index is 473. The van der Waals surface area contributed by atoms with Gasteiger partial charge in [-0.05, 0) is 44.9 Å². The van der Waals surface area contributed by atoms with Gasteiger partial charge < -0.3 is 10.2 Å². The standard InChI is InChI=1S/C17H26N2O2/c1-16(7-3-2-4-8-16)15(21)19-12-5-9-17(11-13-19)10-6-14(20)18-17/h2-3H,4-13H2,1H3,(H,18,20). The first-order valence-corrected chi connectivity index (χ1v) is 8.29. The van der Waals surface area contributed by atoms with Crippen LogP contribution in [0, 0.1) is 5.41 Å². The molecule has 3 aliphatic rings. The van der Waals surface area contributed by atoms with Crippen molar-refractivity contribution in [2.45, 2.75) is 63.8 Å². The van der Waals surface area contributed by atoms with Crippen molar-refractivity contribution in [2.75, 3.05) is 13.1 Å². The number of nitrogens with zero attached hydrogens (tertiary/aromatic N) is 1. The number of hydrogen-bond acceptors (Lipinski definition) is 2. The van der Waals surface area contributed by atoms with Crippen LogP contribution in [-0.2, 0) is 9.59 Å². The van der Waals surface area contributed by atoms with Gasteiger partial charge in [0.25, 0.3) is 0 Å². The average molecular weight is 290 g/mol. The predicted molar refractivity (Wildman–Crippen MR) is 81.6 cm³/mol. The molecule has 2 unspecified atom stereocenters. The highest BCUT2D eigenvalue weighted by Crippen LogP contribution is 2.36. The lowest BCUT2D eigenvalue weighted by molar-refractivity contribution is -0.141. The molecule has 0 aromatic heterocycles. The fraction of sp³-hybridized carbons (Fsp3) is 0.765. The van der Waals surface area contributed by atoms with Crippen LogP contribution in [0.1, 0.15) is 58.3 Å². The second-order valence-electron chi connectivity index (χ2n) is 7.25. The van der Waals surface area contributed by atoms with Crippen molar-refractivity contribution in [1.82, 2.24) is 10.2 Å². The summed E-state index contributed by atoms with van der Waals surface area (Å²) in [5.74, 6) is 0.493. The Balaban J connectivity index is 1.66. The number of allylic oxidation sites excluding steroid dienone is 2. The molecule has 1 spiro atoms. The molecule has 1 aliphatic carbocycles. The maximum Gasteiger partial charge on any atom is 0.228 e. The van der Waals surface area contributed by atoms with Gasteiger partial charge in [0.2, 0.25) is 11.8 Å². The molecular weight excluding hydrogens is 264 g/mol. The van der Waals surface area contributed by atoms with Crippen LogP contribution < -0.4 is 5.32 Å². The Kier molecular flexibility index (Phi) is 3.80. The highest BCUT2D eigenvalue weighted by Gasteiger charge is 2.42. The number of hydrogen-bond donors (Lipinski definition) is 1. The Morgan fingerprint density at radius 2 is 2.05 bits per heavy atom. The van der Waals surface area contributed by atoms with E-state index in [9.17, 15) is 9.59 Å². The highest BCUT2D eigenvalue weighted by atomic mass is 16.2. The maximum atomic E-state index is 12.9. The van der Waals surface area contributed by atoms with Gasteiger partial charge in [-0.15, -0.1) is 0 Å². The summed E-state index contributed by atoms with van der Waals surface area (Å²) in [4.78, 5) is 26.5. The van der Waals surface area contributed by atoms with Gasteiger partial charge in [0, 0.05) is 25.0 Å². The van der Waals surface area contributed by atoms with Crippen LogP contribution in [0.15, 0.2) is 12.2 Å². The minimum atomic E-state index is -0.217. The highest BCUT2D eigenvalue weighted by molar-refractivity contribution is 5.83. The fourth-order valence-corrected chi connectivity index (χ4v) is 4.09. The summed E-state index contributed by atoms with van der Waals surface area (Å²) in [5, 5.41) is 3.17. The number of carbonyl (C=O) groups is 2. The second kappa shape index (κ2) is 5.47. The van der Waals surface area contributed by atoms with Crippen LogP contribution >= 0.6 is 0 Å². The van der Waals surface area contributed by atoms with Crippen molar-refractivity contribution in [3.8, 4) is 0 Å². The minimum absolute atomic E-state index is 0.0283. The molecule has 1 N–H and O–H groups in total. The molecule has 2 heterocycles. The van der Waals surface area contributed by atoms with Crippen LogP contribution in [0.3, 0.4) is 0 Å². The monoisotopic (exact) mass is 290 g/mol. The van der Waals surface area contributed by atoms with E-state index in [1.165, 1.54) is 0 Å². The largest absolute Gasteiger partial charge is 0.351 e. The summed E-state index contributed by atoms with van der Waals surface area (Å²) < 4.78 is 0. The fourth-order valence-electron chi connectivity index (χ4n) is 4.09. The van der Waals surface area contributed by atoms with Crippen molar-refractivity contribution in [1.29, 1.82) is 0 Å². The van der Waals surface area contributed by atoms with Crippen molar-refractivity contribution in [2.24, 2.45) is 5.41 Å². The number of rotatable bonds is 1. The molecule has 0 bridgehead atoms. The first-order valence-electron chi connectivity index (χ1n) is 8.29. The lowest BCUT2D eigenvalue weighted by atomic mass is 9.77. The molecule has 2 aliphatic heterocycles. The van der Waals surface area contributed by atoms with Crippen LogP contribution in [0.4, 0.5) is 0 Å². The number of amides is 2. The lowest BCUT2D eigenvalue weighted by Gasteiger charge is -2.35. The van der Waals surface area contributed by atoms with Gasteiger partial charge in [0.15, 0.2) is 0 Å². The molecular formula is C17H26N2O2. The molecule has 21 heavy (non-hydrogen) atoms. The first-order chi connectivity index (χ1) is 10.0. The first kappa shape index (κ1) is 14.6. The Morgan fingerprint density at radius 1 is 1.19 bits per heavy atom. The number of likely N-dealkylation sites (tertiary alicyclic amines) is 1. The van der Waals surface area contributed by atoms with Crippen molar-refractivity contribution < 1.29 is 9.59 Å². The van der Waals surface area contributed by atoms with Crippen LogP contribution in [0.25, 0.3) is 0 Å². The molecule has 0 saturated carbocycles. The van der Waals surface area contributed by atoms with Gasteiger partial charge in [-0.1, -0.05) is 19.1 Å². The van der Waals surface area contributed by atoms with E-state index < -0.39 is 0 Å². The van der Waals surface area contributed by atoms with E-state index in [1.807, 2.05) is 0 Å². The quantitative estimate of drug-likeness (QED) is 0.754. The third-order valence-electron chi connectivity index (χ3n) is 5.58. The molecule has 2 saturated heterocycles. The summed E-state index contributed by atoms with van der Waals surface area (Å²) in [7, 11) is 0. The van der Waals surface area contributed by atoms with Gasteiger partial charge in [-0.25, -0.2) is 0 Å². The summed E-state index contributed by atoms with van der Waals surface area (Å²) in [5.41, 5.74) is -0.245. The van der Waals surface area contributed by atoms with Gasteiger partial charge in [-0.3, -0.25) is 9.59 Å². The molecule has 3 rings (SSSR count). The van der Waals surface area contributed by atoms with E-state index in [1.54, 1.807) is 0 Å². The minimum Gasteiger partial charge on any atom is -0.351 e. The van der Waals surface area contributed by atoms with Crippen LogP contribution in [0.5, 0.6) is 0 Å². The maximum absolute atomic E-state index is 12.9. The second-order valence-corrected chi connectivity index (χ2v) is 7.25. The SMILES string of the molecule is CC1(C(=O)N2CCCC3(CCC(=O)N3)CC2)CC=CCC1. The van der Waals surface area contributed by atoms with E-state index in [-0.39, 0.29) is 16.9 Å². The molecule has 0 aromatic rings. The molecule has 0 radical (unpaired) electrons. The van der Waals surface area contributed by atoms with E-state index in [2.05, 4.69) is 29.3 Å². The predicted octanol–water partition coefficient (Wildman–Crippen LogP) is 2.39. The van der Waals surface area contributed by atoms with Crippen molar-refractivity contribution in [3.63, 3.8) is 0 Å². The van der Waals surface area contributed by atoms with Gasteiger partial charge in [-0.2, -0.15) is 0 Å². The summed E-state index contributed by atoms with van der Waals surface area (Å²) >= 11 is 0. The molecule has 2 fully saturated rings. The van der Waals surface area contributed by atoms with E-state index in [0.29, 0.717) is 12.3 Å². The van der Waals surface area contributed by atoms with Gasteiger partial charge in [0.1, 0.15) is 0 Å². The third kappa shape index (κ3) is 2.85. The average Bonchev–Trinajstić information content (AvgIpc) is 2.71. The Hall–Kier alpha value is -1.32. The van der Waals surface area contributed by atoms with Gasteiger partial charge >= 0.3 is 0 Å². The van der Waals surface area contributed by atoms with Crippen molar-refractivity contribution >= 4 is 11.8 Å². The summed E-state index contributed by atoms with van der Waals surface area (Å²) in [6.45, 7) is 3.74. The Morgan fingerprint density at radius 3 is 2.71 bits per heavy atom. The summed E-state index contributed by atoms with van der Waals surface area (Å²) in [6, 6.07) is 0. The summed E-state index contributed by atoms with van der Waals surface area (Å²) in [6.07, 6.45) is 11.7.